The van der Waals surface area contributed by atoms with Gasteiger partial charge in [-0.2, -0.15) is 10.2 Å². The Morgan fingerprint density at radius 2 is 2.04 bits per heavy atom. The number of fused-ring (bicyclic) bond motifs is 2. The van der Waals surface area contributed by atoms with Crippen molar-refractivity contribution in [3.8, 4) is 23.4 Å². The van der Waals surface area contributed by atoms with Gasteiger partial charge in [0.05, 0.1) is 24.4 Å². The van der Waals surface area contributed by atoms with E-state index in [0.717, 1.165) is 37.1 Å². The summed E-state index contributed by atoms with van der Waals surface area (Å²) >= 11 is 0. The number of aromatic nitrogens is 1. The van der Waals surface area contributed by atoms with Gasteiger partial charge in [-0.3, -0.25) is 4.90 Å². The molecule has 7 heteroatoms. The van der Waals surface area contributed by atoms with Gasteiger partial charge in [0, 0.05) is 11.6 Å². The maximum absolute atomic E-state index is 9.44. The molecule has 1 fully saturated rings. The highest BCUT2D eigenvalue weighted by Gasteiger charge is 2.37. The number of methoxy groups -OCH3 is 1. The van der Waals surface area contributed by atoms with Gasteiger partial charge >= 0.3 is 0 Å². The van der Waals surface area contributed by atoms with Crippen LogP contribution in [0.25, 0.3) is 0 Å². The van der Waals surface area contributed by atoms with Crippen molar-refractivity contribution in [1.82, 2.24) is 9.88 Å². The number of ether oxygens (including phenoxy) is 2. The van der Waals surface area contributed by atoms with Gasteiger partial charge in [0.25, 0.3) is 0 Å². The number of nitrogens with two attached hydrogens (primary N) is 2. The smallest absolute Gasteiger partial charge is 0.228 e. The van der Waals surface area contributed by atoms with Crippen LogP contribution in [0.15, 0.2) is 18.2 Å². The van der Waals surface area contributed by atoms with E-state index >= 15 is 0 Å². The number of anilines is 2. The van der Waals surface area contributed by atoms with E-state index in [1.165, 1.54) is 6.42 Å². The summed E-state index contributed by atoms with van der Waals surface area (Å²) in [6.07, 6.45) is 3.48. The second-order valence-corrected chi connectivity index (χ2v) is 6.62. The summed E-state index contributed by atoms with van der Waals surface area (Å²) in [5, 5.41) is 9.44. The molecule has 0 aliphatic carbocycles. The van der Waals surface area contributed by atoms with Gasteiger partial charge in [0.15, 0.2) is 0 Å². The molecule has 2 aromatic rings. The number of likely N-dealkylation sites (tertiary alicyclic amines) is 1. The van der Waals surface area contributed by atoms with Gasteiger partial charge in [-0.05, 0) is 38.1 Å². The number of pyridine rings is 1. The highest BCUT2D eigenvalue weighted by molar-refractivity contribution is 5.73. The molecule has 26 heavy (non-hydrogen) atoms. The van der Waals surface area contributed by atoms with Gasteiger partial charge in [0.2, 0.25) is 5.88 Å². The Morgan fingerprint density at radius 3 is 2.73 bits per heavy atom. The fourth-order valence-electron chi connectivity index (χ4n) is 3.84. The minimum Gasteiger partial charge on any atom is -0.497 e. The number of nitrogens with zero attached hydrogens (tertiary/aromatic N) is 3. The van der Waals surface area contributed by atoms with E-state index in [1.807, 2.05) is 18.2 Å². The molecule has 4 N–H and O–H groups in total. The number of hydrogen-bond acceptors (Lipinski definition) is 7. The lowest BCUT2D eigenvalue weighted by Crippen LogP contribution is -2.36. The predicted molar refractivity (Wildman–Crippen MR) is 98.1 cm³/mol. The zero-order valence-corrected chi connectivity index (χ0v) is 14.7. The maximum Gasteiger partial charge on any atom is 0.228 e. The Labute approximate surface area is 152 Å². The van der Waals surface area contributed by atoms with E-state index in [9.17, 15) is 5.26 Å². The van der Waals surface area contributed by atoms with E-state index in [4.69, 9.17) is 20.9 Å². The lowest BCUT2D eigenvalue weighted by atomic mass is 9.90. The predicted octanol–water partition coefficient (Wildman–Crippen LogP) is 2.81. The van der Waals surface area contributed by atoms with E-state index < -0.39 is 0 Å². The summed E-state index contributed by atoms with van der Waals surface area (Å²) in [6, 6.07) is 7.72. The van der Waals surface area contributed by atoms with Crippen molar-refractivity contribution in [3.05, 3.63) is 34.9 Å². The molecule has 4 rings (SSSR count). The summed E-state index contributed by atoms with van der Waals surface area (Å²) in [6.45, 7) is 1.92. The third-order valence-electron chi connectivity index (χ3n) is 5.13. The molecule has 1 saturated heterocycles. The molecule has 0 bridgehead atoms. The standard InChI is InChI=1S/C19H21N5O2/c1-25-11-5-6-12-14(9-11)26-19-15(16(21)13(10-20)18(22)23-19)17(12)24-7-3-2-4-8-24/h5-6,9,17H,2-4,7-8H2,1H3,(H4,21,22,23). The number of nitrogen functional groups attached to an aromatic ring is 2. The first-order chi connectivity index (χ1) is 12.6. The normalized spacial score (nSPS) is 19.0. The zero-order chi connectivity index (χ0) is 18.3. The number of piperidine rings is 1. The molecule has 0 spiro atoms. The second kappa shape index (κ2) is 6.39. The number of rotatable bonds is 2. The van der Waals surface area contributed by atoms with Gasteiger partial charge in [-0.25, -0.2) is 0 Å². The maximum atomic E-state index is 9.44. The third-order valence-corrected chi connectivity index (χ3v) is 5.13. The van der Waals surface area contributed by atoms with Crippen molar-refractivity contribution < 1.29 is 9.47 Å². The van der Waals surface area contributed by atoms with E-state index in [-0.39, 0.29) is 17.4 Å². The Morgan fingerprint density at radius 1 is 1.27 bits per heavy atom. The van der Waals surface area contributed by atoms with Crippen molar-refractivity contribution in [2.45, 2.75) is 25.3 Å². The monoisotopic (exact) mass is 351 g/mol. The summed E-state index contributed by atoms with van der Waals surface area (Å²) in [5.41, 5.74) is 14.6. The zero-order valence-electron chi connectivity index (χ0n) is 14.7. The largest absolute Gasteiger partial charge is 0.497 e. The molecule has 2 aliphatic rings. The van der Waals surface area contributed by atoms with Crippen LogP contribution in [0.1, 0.15) is 42.0 Å². The Balaban J connectivity index is 1.93. The quantitative estimate of drug-likeness (QED) is 0.856. The van der Waals surface area contributed by atoms with Gasteiger partial charge < -0.3 is 20.9 Å². The molecule has 0 saturated carbocycles. The second-order valence-electron chi connectivity index (χ2n) is 6.62. The van der Waals surface area contributed by atoms with Crippen LogP contribution in [0.2, 0.25) is 0 Å². The van der Waals surface area contributed by atoms with E-state index in [2.05, 4.69) is 16.0 Å². The molecule has 134 valence electrons. The molecule has 0 amide bonds. The number of nitriles is 1. The molecule has 1 atom stereocenters. The van der Waals surface area contributed by atoms with Gasteiger partial charge in [-0.1, -0.05) is 6.42 Å². The van der Waals surface area contributed by atoms with Crippen LogP contribution in [0.5, 0.6) is 17.4 Å². The molecule has 1 aromatic heterocycles. The lowest BCUT2D eigenvalue weighted by Gasteiger charge is -2.39. The molecule has 1 unspecified atom stereocenters. The molecule has 3 heterocycles. The summed E-state index contributed by atoms with van der Waals surface area (Å²) in [7, 11) is 1.62. The summed E-state index contributed by atoms with van der Waals surface area (Å²) in [4.78, 5) is 6.71. The van der Waals surface area contributed by atoms with Crippen LogP contribution in [-0.2, 0) is 0 Å². The molecule has 2 aliphatic heterocycles. The minimum atomic E-state index is -0.111. The van der Waals surface area contributed by atoms with Crippen molar-refractivity contribution >= 4 is 11.5 Å². The first-order valence-electron chi connectivity index (χ1n) is 8.72. The summed E-state index contributed by atoms with van der Waals surface area (Å²) in [5.74, 6) is 1.85. The van der Waals surface area contributed by atoms with E-state index in [0.29, 0.717) is 23.1 Å². The third kappa shape index (κ3) is 2.50. The topological polar surface area (TPSA) is 110 Å². The van der Waals surface area contributed by atoms with Gasteiger partial charge in [-0.15, -0.1) is 0 Å². The average Bonchev–Trinajstić information content (AvgIpc) is 2.66. The molecule has 7 nitrogen and oxygen atoms in total. The average molecular weight is 351 g/mol. The first kappa shape index (κ1) is 16.5. The molecule has 0 radical (unpaired) electrons. The Kier molecular flexibility index (Phi) is 4.05. The van der Waals surface area contributed by atoms with E-state index in [1.54, 1.807) is 7.11 Å². The lowest BCUT2D eigenvalue weighted by molar-refractivity contribution is 0.177. The highest BCUT2D eigenvalue weighted by atomic mass is 16.5. The molecule has 1 aromatic carbocycles. The van der Waals surface area contributed by atoms with Crippen molar-refractivity contribution in [2.75, 3.05) is 31.7 Å². The number of hydrogen-bond donors (Lipinski definition) is 2. The summed E-state index contributed by atoms with van der Waals surface area (Å²) < 4.78 is 11.3. The first-order valence-corrected chi connectivity index (χ1v) is 8.72. The number of benzene rings is 1. The van der Waals surface area contributed by atoms with Crippen molar-refractivity contribution in [3.63, 3.8) is 0 Å². The van der Waals surface area contributed by atoms with Crippen LogP contribution >= 0.6 is 0 Å². The minimum absolute atomic E-state index is 0.0903. The van der Waals surface area contributed by atoms with Crippen LogP contribution in [0.3, 0.4) is 0 Å². The van der Waals surface area contributed by atoms with Crippen LogP contribution in [0.4, 0.5) is 11.5 Å². The van der Waals surface area contributed by atoms with Crippen molar-refractivity contribution in [2.24, 2.45) is 0 Å². The molecular weight excluding hydrogens is 330 g/mol. The van der Waals surface area contributed by atoms with Crippen LogP contribution in [0, 0.1) is 11.3 Å². The van der Waals surface area contributed by atoms with Gasteiger partial charge in [0.1, 0.15) is 28.9 Å². The fraction of sp³-hybridized carbons (Fsp3) is 0.368. The SMILES string of the molecule is COc1ccc2c(c1)Oc1nc(N)c(C#N)c(N)c1C2N1CCCCC1. The fourth-order valence-corrected chi connectivity index (χ4v) is 3.84. The highest BCUT2D eigenvalue weighted by Crippen LogP contribution is 2.50. The Hall–Kier alpha value is -2.98. The Bertz CT molecular complexity index is 900. The van der Waals surface area contributed by atoms with Crippen molar-refractivity contribution in [1.29, 1.82) is 5.26 Å². The van der Waals surface area contributed by atoms with Crippen LogP contribution in [-0.4, -0.2) is 30.1 Å². The molecular formula is C19H21N5O2. The van der Waals surface area contributed by atoms with Crippen LogP contribution < -0.4 is 20.9 Å².